The molecule has 0 spiro atoms. The van der Waals surface area contributed by atoms with Crippen LogP contribution in [-0.2, 0) is 25.1 Å². The highest BCUT2D eigenvalue weighted by molar-refractivity contribution is 7.93. The predicted octanol–water partition coefficient (Wildman–Crippen LogP) is 2.15. The number of carbonyl (C=O) groups excluding carboxylic acids is 2. The lowest BCUT2D eigenvalue weighted by molar-refractivity contribution is -0.121. The van der Waals surface area contributed by atoms with Gasteiger partial charge in [-0.25, -0.2) is 18.2 Å². The van der Waals surface area contributed by atoms with Crippen LogP contribution in [0.25, 0.3) is 0 Å². The number of likely N-dealkylation sites (tertiary alicyclic amines) is 2. The molecule has 274 valence electrons. The van der Waals surface area contributed by atoms with Crippen LogP contribution in [0.4, 0.5) is 10.5 Å². The number of anilines is 1. The number of ether oxygens (including phenoxy) is 4. The van der Waals surface area contributed by atoms with Crippen molar-refractivity contribution in [3.63, 3.8) is 0 Å². The molecule has 0 saturated carbocycles. The maximum atomic E-state index is 15.1. The maximum Gasteiger partial charge on any atom is 0.318 e. The maximum absolute atomic E-state index is 15.1. The Bertz CT molecular complexity index is 2020. The van der Waals surface area contributed by atoms with E-state index in [1.807, 2.05) is 0 Å². The van der Waals surface area contributed by atoms with Gasteiger partial charge in [0.25, 0.3) is 15.9 Å². The highest BCUT2D eigenvalue weighted by Crippen LogP contribution is 2.50. The Morgan fingerprint density at radius 2 is 1.77 bits per heavy atom. The number of rotatable bonds is 10. The fourth-order valence-corrected chi connectivity index (χ4v) is 9.19. The van der Waals surface area contributed by atoms with Crippen molar-refractivity contribution in [2.24, 2.45) is 0 Å². The summed E-state index contributed by atoms with van der Waals surface area (Å²) in [6.45, 7) is 4.22. The van der Waals surface area contributed by atoms with Crippen LogP contribution in [0, 0.1) is 11.3 Å². The molecule has 15 nitrogen and oxygen atoms in total. The largest absolute Gasteiger partial charge is 0.497 e. The number of benzene rings is 2. The molecule has 0 bridgehead atoms. The van der Waals surface area contributed by atoms with Gasteiger partial charge < -0.3 is 29.2 Å². The SMILES string of the molecule is COc1ccc(S(=O)(=O)N2C(=O)C(NC(=O)N3CC(N4CCC(N(C)C5COC5)CC4)C3)(c3cccnc3OC)c3cc(C#N)ccc32)c(OC)c1. The lowest BCUT2D eigenvalue weighted by atomic mass is 9.83. The summed E-state index contributed by atoms with van der Waals surface area (Å²) in [7, 11) is 1.58. The Balaban J connectivity index is 1.22. The first-order valence-electron chi connectivity index (χ1n) is 17.0. The van der Waals surface area contributed by atoms with Gasteiger partial charge in [-0.1, -0.05) is 0 Å². The van der Waals surface area contributed by atoms with E-state index in [1.54, 1.807) is 17.0 Å². The molecule has 7 rings (SSSR count). The second-order valence-electron chi connectivity index (χ2n) is 13.4. The van der Waals surface area contributed by atoms with Crippen LogP contribution < -0.4 is 23.8 Å². The van der Waals surface area contributed by atoms with Crippen molar-refractivity contribution in [3.05, 3.63) is 71.4 Å². The third kappa shape index (κ3) is 5.77. The highest BCUT2D eigenvalue weighted by atomic mass is 32.2. The summed E-state index contributed by atoms with van der Waals surface area (Å²) in [4.78, 5) is 39.8. The van der Waals surface area contributed by atoms with Crippen LogP contribution in [0.1, 0.15) is 29.5 Å². The summed E-state index contributed by atoms with van der Waals surface area (Å²) in [5.74, 6) is -0.719. The van der Waals surface area contributed by atoms with Crippen molar-refractivity contribution in [2.75, 3.05) is 72.1 Å². The average molecular weight is 732 g/mol. The zero-order valence-electron chi connectivity index (χ0n) is 29.4. The lowest BCUT2D eigenvalue weighted by Gasteiger charge is -2.50. The quantitative estimate of drug-likeness (QED) is 0.323. The molecule has 1 N–H and O–H groups in total. The highest BCUT2D eigenvalue weighted by Gasteiger charge is 2.59. The van der Waals surface area contributed by atoms with Gasteiger partial charge in [-0.3, -0.25) is 14.6 Å². The minimum absolute atomic E-state index is 0.00600. The molecule has 16 heteroatoms. The van der Waals surface area contributed by atoms with Crippen LogP contribution in [0.2, 0.25) is 0 Å². The fraction of sp³-hybridized carbons (Fsp3) is 0.444. The molecule has 1 unspecified atom stereocenters. The number of aromatic nitrogens is 1. The molecule has 3 amide bonds. The number of hydrogen-bond donors (Lipinski definition) is 1. The fourth-order valence-electron chi connectivity index (χ4n) is 7.58. The molecule has 3 saturated heterocycles. The Morgan fingerprint density at radius 1 is 1.02 bits per heavy atom. The Kier molecular flexibility index (Phi) is 9.46. The van der Waals surface area contributed by atoms with E-state index in [0.717, 1.165) is 39.1 Å². The van der Waals surface area contributed by atoms with Gasteiger partial charge in [0.15, 0.2) is 5.54 Å². The van der Waals surface area contributed by atoms with Gasteiger partial charge in [-0.2, -0.15) is 9.57 Å². The number of amides is 3. The average Bonchev–Trinajstić information content (AvgIpc) is 3.37. The van der Waals surface area contributed by atoms with Crippen molar-refractivity contribution in [3.8, 4) is 23.4 Å². The van der Waals surface area contributed by atoms with Crippen LogP contribution in [0.15, 0.2) is 59.6 Å². The Hall–Kier alpha value is -4.95. The number of urea groups is 1. The normalized spacial score (nSPS) is 21.3. The number of nitriles is 1. The van der Waals surface area contributed by atoms with Crippen LogP contribution in [0.3, 0.4) is 0 Å². The third-order valence-corrected chi connectivity index (χ3v) is 12.5. The van der Waals surface area contributed by atoms with Crippen molar-refractivity contribution < 1.29 is 37.0 Å². The van der Waals surface area contributed by atoms with Crippen molar-refractivity contribution in [1.82, 2.24) is 25.0 Å². The number of carbonyl (C=O) groups is 2. The molecule has 5 heterocycles. The number of hydrogen-bond acceptors (Lipinski definition) is 12. The Morgan fingerprint density at radius 3 is 2.40 bits per heavy atom. The summed E-state index contributed by atoms with van der Waals surface area (Å²) in [6.07, 6.45) is 3.51. The molecule has 2 aromatic carbocycles. The first-order valence-corrected chi connectivity index (χ1v) is 18.5. The van der Waals surface area contributed by atoms with Crippen molar-refractivity contribution >= 4 is 27.6 Å². The number of fused-ring (bicyclic) bond motifs is 1. The van der Waals surface area contributed by atoms with E-state index in [1.165, 1.54) is 63.9 Å². The van der Waals surface area contributed by atoms with E-state index < -0.39 is 27.5 Å². The van der Waals surface area contributed by atoms with Gasteiger partial charge in [0.05, 0.1) is 63.5 Å². The van der Waals surface area contributed by atoms with Gasteiger partial charge >= 0.3 is 6.03 Å². The van der Waals surface area contributed by atoms with E-state index >= 15 is 4.79 Å². The van der Waals surface area contributed by atoms with Gasteiger partial charge in [0.2, 0.25) is 5.88 Å². The van der Waals surface area contributed by atoms with E-state index in [9.17, 15) is 18.5 Å². The predicted molar refractivity (Wildman–Crippen MR) is 188 cm³/mol. The molecule has 0 aliphatic carbocycles. The number of nitrogens with zero attached hydrogens (tertiary/aromatic N) is 6. The van der Waals surface area contributed by atoms with Gasteiger partial charge in [-0.05, 0) is 62.4 Å². The molecule has 0 radical (unpaired) electrons. The third-order valence-electron chi connectivity index (χ3n) is 10.7. The second kappa shape index (κ2) is 13.9. The molecule has 3 fully saturated rings. The first kappa shape index (κ1) is 35.5. The summed E-state index contributed by atoms with van der Waals surface area (Å²) in [5.41, 5.74) is -1.86. The summed E-state index contributed by atoms with van der Waals surface area (Å²) >= 11 is 0. The van der Waals surface area contributed by atoms with E-state index in [4.69, 9.17) is 18.9 Å². The molecule has 4 aliphatic heterocycles. The minimum Gasteiger partial charge on any atom is -0.497 e. The van der Waals surface area contributed by atoms with E-state index in [-0.39, 0.29) is 44.9 Å². The molecule has 3 aromatic rings. The van der Waals surface area contributed by atoms with Crippen LogP contribution in [0.5, 0.6) is 17.4 Å². The zero-order chi connectivity index (χ0) is 36.8. The van der Waals surface area contributed by atoms with E-state index in [0.29, 0.717) is 35.2 Å². The van der Waals surface area contributed by atoms with E-state index in [2.05, 4.69) is 33.2 Å². The second-order valence-corrected chi connectivity index (χ2v) is 15.1. The molecular weight excluding hydrogens is 691 g/mol. The van der Waals surface area contributed by atoms with Gasteiger partial charge in [-0.15, -0.1) is 0 Å². The zero-order valence-corrected chi connectivity index (χ0v) is 30.3. The summed E-state index contributed by atoms with van der Waals surface area (Å²) in [5, 5.41) is 12.8. The van der Waals surface area contributed by atoms with Crippen LogP contribution >= 0.6 is 0 Å². The van der Waals surface area contributed by atoms with Gasteiger partial charge in [0.1, 0.15) is 16.4 Å². The van der Waals surface area contributed by atoms with Gasteiger partial charge in [0, 0.05) is 56.1 Å². The number of pyridine rings is 1. The topological polar surface area (TPSA) is 167 Å². The standard InChI is InChI=1S/C36H41N7O8S/c1-40(26-21-51-22-26)24-11-14-41(15-12-24)25-19-42(20-25)35(45)39-36(28-6-5-13-38-33(28)50-4)29-16-23(18-37)7-9-30(29)43(34(36)44)52(46,47)32-10-8-27(48-2)17-31(32)49-3/h5-10,13,16-17,24-26H,11-12,14-15,19-22H2,1-4H3,(H,39,45). The van der Waals surface area contributed by atoms with Crippen molar-refractivity contribution in [1.29, 1.82) is 5.26 Å². The lowest BCUT2D eigenvalue weighted by Crippen LogP contribution is -2.67. The number of nitrogens with one attached hydrogen (secondary N) is 1. The molecule has 4 aliphatic rings. The van der Waals surface area contributed by atoms with Crippen molar-refractivity contribution in [2.45, 2.75) is 41.4 Å². The summed E-state index contributed by atoms with van der Waals surface area (Å²) in [6, 6.07) is 14.1. The molecule has 52 heavy (non-hydrogen) atoms. The number of piperidine rings is 1. The summed E-state index contributed by atoms with van der Waals surface area (Å²) < 4.78 is 51.4. The molecule has 1 aromatic heterocycles. The number of likely N-dealkylation sites (N-methyl/N-ethyl adjacent to an activating group) is 1. The smallest absolute Gasteiger partial charge is 0.318 e. The first-order chi connectivity index (χ1) is 25.1. The monoisotopic (exact) mass is 731 g/mol. The molecular formula is C36H41N7O8S. The minimum atomic E-state index is -4.70. The Labute approximate surface area is 302 Å². The number of sulfonamides is 1. The molecule has 1 atom stereocenters. The van der Waals surface area contributed by atoms with Crippen LogP contribution in [-0.4, -0.2) is 126 Å². The number of methoxy groups -OCH3 is 3.